The molecule has 0 saturated heterocycles. The van der Waals surface area contributed by atoms with E-state index in [0.29, 0.717) is 0 Å². The molecule has 0 aromatic rings. The molecule has 1 aliphatic rings. The van der Waals surface area contributed by atoms with E-state index < -0.39 is 36.9 Å². The fourth-order valence-corrected chi connectivity index (χ4v) is 1.11. The standard InChI is InChI=1S/C7H8F5NO/c8-5(9)3-1-4(3)6(14)13-2-7(10,11)12/h3-5H,1-2H2,(H,13,14)/t3-,4-/m0/s1. The molecule has 0 spiro atoms. The molecule has 2 atom stereocenters. The third-order valence-corrected chi connectivity index (χ3v) is 1.96. The molecule has 0 bridgehead atoms. The van der Waals surface area contributed by atoms with Gasteiger partial charge >= 0.3 is 6.18 Å². The molecule has 0 aromatic carbocycles. The fourth-order valence-electron chi connectivity index (χ4n) is 1.11. The average molecular weight is 217 g/mol. The quantitative estimate of drug-likeness (QED) is 0.714. The van der Waals surface area contributed by atoms with Gasteiger partial charge in [-0.25, -0.2) is 8.78 Å². The van der Waals surface area contributed by atoms with Gasteiger partial charge in [0.15, 0.2) is 0 Å². The summed E-state index contributed by atoms with van der Waals surface area (Å²) >= 11 is 0. The fraction of sp³-hybridized carbons (Fsp3) is 0.857. The zero-order chi connectivity index (χ0) is 10.9. The highest BCUT2D eigenvalue weighted by Gasteiger charge is 2.49. The largest absolute Gasteiger partial charge is 0.405 e. The van der Waals surface area contributed by atoms with Gasteiger partial charge in [0.25, 0.3) is 0 Å². The molecule has 1 rings (SSSR count). The number of carbonyl (C=O) groups is 1. The van der Waals surface area contributed by atoms with Crippen molar-refractivity contribution in [1.29, 1.82) is 0 Å². The Balaban J connectivity index is 2.25. The van der Waals surface area contributed by atoms with E-state index in [2.05, 4.69) is 0 Å². The van der Waals surface area contributed by atoms with E-state index in [1.54, 1.807) is 5.32 Å². The van der Waals surface area contributed by atoms with Crippen LogP contribution in [0.15, 0.2) is 0 Å². The molecule has 2 nitrogen and oxygen atoms in total. The second-order valence-electron chi connectivity index (χ2n) is 3.17. The molecular weight excluding hydrogens is 209 g/mol. The lowest BCUT2D eigenvalue weighted by atomic mass is 10.3. The van der Waals surface area contributed by atoms with Crippen molar-refractivity contribution in [2.45, 2.75) is 19.0 Å². The summed E-state index contributed by atoms with van der Waals surface area (Å²) in [5.74, 6) is -2.95. The number of amides is 1. The van der Waals surface area contributed by atoms with E-state index in [-0.39, 0.29) is 6.42 Å². The molecule has 0 aliphatic heterocycles. The number of carbonyl (C=O) groups excluding carboxylic acids is 1. The summed E-state index contributed by atoms with van der Waals surface area (Å²) in [7, 11) is 0. The van der Waals surface area contributed by atoms with Crippen molar-refractivity contribution < 1.29 is 26.7 Å². The van der Waals surface area contributed by atoms with Gasteiger partial charge in [-0.3, -0.25) is 4.79 Å². The number of hydrogen-bond acceptors (Lipinski definition) is 1. The van der Waals surface area contributed by atoms with Crippen LogP contribution >= 0.6 is 0 Å². The Morgan fingerprint density at radius 1 is 1.43 bits per heavy atom. The van der Waals surface area contributed by atoms with E-state index in [1.165, 1.54) is 0 Å². The van der Waals surface area contributed by atoms with Gasteiger partial charge in [-0.05, 0) is 6.42 Å². The van der Waals surface area contributed by atoms with E-state index in [1.807, 2.05) is 0 Å². The Bertz CT molecular complexity index is 227. The van der Waals surface area contributed by atoms with Gasteiger partial charge in [0.2, 0.25) is 12.3 Å². The molecule has 82 valence electrons. The van der Waals surface area contributed by atoms with Crippen LogP contribution in [0.2, 0.25) is 0 Å². The van der Waals surface area contributed by atoms with Crippen molar-refractivity contribution in [3.8, 4) is 0 Å². The van der Waals surface area contributed by atoms with Crippen LogP contribution < -0.4 is 5.32 Å². The van der Waals surface area contributed by atoms with Crippen LogP contribution in [0.3, 0.4) is 0 Å². The third kappa shape index (κ3) is 3.12. The molecule has 1 saturated carbocycles. The minimum absolute atomic E-state index is 0.0264. The zero-order valence-electron chi connectivity index (χ0n) is 6.94. The number of hydrogen-bond donors (Lipinski definition) is 1. The highest BCUT2D eigenvalue weighted by Crippen LogP contribution is 2.43. The normalized spacial score (nSPS) is 26.4. The Labute approximate surface area is 76.5 Å². The summed E-state index contributed by atoms with van der Waals surface area (Å²) < 4.78 is 58.6. The van der Waals surface area contributed by atoms with E-state index in [0.717, 1.165) is 0 Å². The highest BCUT2D eigenvalue weighted by atomic mass is 19.4. The predicted octanol–water partition coefficient (Wildman–Crippen LogP) is 1.57. The summed E-state index contributed by atoms with van der Waals surface area (Å²) in [5, 5.41) is 1.57. The number of halogens is 5. The molecule has 14 heavy (non-hydrogen) atoms. The second-order valence-corrected chi connectivity index (χ2v) is 3.17. The van der Waals surface area contributed by atoms with Crippen LogP contribution in [0.4, 0.5) is 22.0 Å². The van der Waals surface area contributed by atoms with Gasteiger partial charge < -0.3 is 5.32 Å². The van der Waals surface area contributed by atoms with Gasteiger partial charge in [0.05, 0.1) is 0 Å². The summed E-state index contributed by atoms with van der Waals surface area (Å²) in [6, 6.07) is 0. The summed E-state index contributed by atoms with van der Waals surface area (Å²) in [4.78, 5) is 10.8. The first-order valence-corrected chi connectivity index (χ1v) is 3.94. The summed E-state index contributed by atoms with van der Waals surface area (Å²) in [6.07, 6.45) is -7.15. The van der Waals surface area contributed by atoms with Crippen LogP contribution in [0.1, 0.15) is 6.42 Å². The molecule has 0 heterocycles. The lowest BCUT2D eigenvalue weighted by Gasteiger charge is -2.07. The highest BCUT2D eigenvalue weighted by molar-refractivity contribution is 5.81. The van der Waals surface area contributed by atoms with Crippen LogP contribution in [-0.4, -0.2) is 25.1 Å². The smallest absolute Gasteiger partial charge is 0.347 e. The minimum Gasteiger partial charge on any atom is -0.347 e. The van der Waals surface area contributed by atoms with E-state index in [9.17, 15) is 26.7 Å². The molecule has 0 unspecified atom stereocenters. The van der Waals surface area contributed by atoms with Crippen molar-refractivity contribution in [2.75, 3.05) is 6.54 Å². The molecular formula is C7H8F5NO. The first kappa shape index (κ1) is 11.2. The lowest BCUT2D eigenvalue weighted by Crippen LogP contribution is -2.35. The van der Waals surface area contributed by atoms with E-state index >= 15 is 0 Å². The van der Waals surface area contributed by atoms with Gasteiger partial charge in [-0.2, -0.15) is 13.2 Å². The minimum atomic E-state index is -4.50. The Morgan fingerprint density at radius 3 is 2.36 bits per heavy atom. The predicted molar refractivity (Wildman–Crippen MR) is 36.7 cm³/mol. The maximum absolute atomic E-state index is 11.9. The van der Waals surface area contributed by atoms with Crippen LogP contribution in [0.5, 0.6) is 0 Å². The molecule has 1 aliphatic carbocycles. The molecule has 7 heteroatoms. The van der Waals surface area contributed by atoms with Crippen molar-refractivity contribution in [3.63, 3.8) is 0 Å². The van der Waals surface area contributed by atoms with Gasteiger partial charge in [-0.1, -0.05) is 0 Å². The average Bonchev–Trinajstić information content (AvgIpc) is 2.77. The van der Waals surface area contributed by atoms with Crippen LogP contribution in [-0.2, 0) is 4.79 Å². The van der Waals surface area contributed by atoms with Gasteiger partial charge in [0.1, 0.15) is 6.54 Å². The number of alkyl halides is 5. The summed E-state index contributed by atoms with van der Waals surface area (Å²) in [5.41, 5.74) is 0. The van der Waals surface area contributed by atoms with Crippen molar-refractivity contribution in [3.05, 3.63) is 0 Å². The first-order chi connectivity index (χ1) is 6.31. The second kappa shape index (κ2) is 3.70. The molecule has 0 aromatic heterocycles. The lowest BCUT2D eigenvalue weighted by molar-refractivity contribution is -0.139. The van der Waals surface area contributed by atoms with E-state index in [4.69, 9.17) is 0 Å². The monoisotopic (exact) mass is 217 g/mol. The third-order valence-electron chi connectivity index (χ3n) is 1.96. The first-order valence-electron chi connectivity index (χ1n) is 3.94. The van der Waals surface area contributed by atoms with Crippen molar-refractivity contribution in [2.24, 2.45) is 11.8 Å². The molecule has 0 radical (unpaired) electrons. The van der Waals surface area contributed by atoms with Crippen LogP contribution in [0.25, 0.3) is 0 Å². The maximum Gasteiger partial charge on any atom is 0.405 e. The maximum atomic E-state index is 11.9. The topological polar surface area (TPSA) is 29.1 Å². The Morgan fingerprint density at radius 2 is 2.00 bits per heavy atom. The number of nitrogens with one attached hydrogen (secondary N) is 1. The molecule has 1 N–H and O–H groups in total. The van der Waals surface area contributed by atoms with Crippen molar-refractivity contribution >= 4 is 5.91 Å². The van der Waals surface area contributed by atoms with Gasteiger partial charge in [0, 0.05) is 11.8 Å². The molecule has 1 amide bonds. The van der Waals surface area contributed by atoms with Gasteiger partial charge in [-0.15, -0.1) is 0 Å². The summed E-state index contributed by atoms with van der Waals surface area (Å²) in [6.45, 7) is -1.46. The zero-order valence-corrected chi connectivity index (χ0v) is 6.94. The SMILES string of the molecule is O=C(NCC(F)(F)F)[C@H]1C[C@@H]1C(F)F. The molecule has 1 fully saturated rings. The Kier molecular flexibility index (Phi) is 2.96. The Hall–Kier alpha value is -0.880. The number of rotatable bonds is 3. The van der Waals surface area contributed by atoms with Crippen molar-refractivity contribution in [1.82, 2.24) is 5.32 Å². The van der Waals surface area contributed by atoms with Crippen LogP contribution in [0, 0.1) is 11.8 Å².